The van der Waals surface area contributed by atoms with Crippen molar-refractivity contribution in [1.29, 1.82) is 0 Å². The second-order valence-electron chi connectivity index (χ2n) is 4.89. The molecule has 6 nitrogen and oxygen atoms in total. The quantitative estimate of drug-likeness (QED) is 0.615. The fourth-order valence-electron chi connectivity index (χ4n) is 1.84. The van der Waals surface area contributed by atoms with Gasteiger partial charge >= 0.3 is 0 Å². The average Bonchev–Trinajstić information content (AvgIpc) is 3.16. The monoisotopic (exact) mass is 341 g/mol. The van der Waals surface area contributed by atoms with Crippen molar-refractivity contribution >= 4 is 33.2 Å². The number of benzene rings is 1. The number of anilines is 1. The number of nitrogens with one attached hydrogen (secondary N) is 2. The van der Waals surface area contributed by atoms with E-state index in [1.165, 1.54) is 6.07 Å². The van der Waals surface area contributed by atoms with Crippen molar-refractivity contribution < 1.29 is 9.72 Å². The zero-order valence-corrected chi connectivity index (χ0v) is 12.7. The van der Waals surface area contributed by atoms with E-state index in [-0.39, 0.29) is 11.6 Å². The van der Waals surface area contributed by atoms with Crippen LogP contribution in [0.1, 0.15) is 24.8 Å². The molecular weight excluding hydrogens is 326 g/mol. The number of hydrogen-bond acceptors (Lipinski definition) is 4. The number of nitro benzene ring substituents is 1. The van der Waals surface area contributed by atoms with E-state index in [9.17, 15) is 14.9 Å². The molecule has 1 aliphatic rings. The molecule has 20 heavy (non-hydrogen) atoms. The van der Waals surface area contributed by atoms with Gasteiger partial charge in [-0.2, -0.15) is 0 Å². The first-order valence-corrected chi connectivity index (χ1v) is 7.24. The van der Waals surface area contributed by atoms with E-state index in [0.29, 0.717) is 29.0 Å². The summed E-state index contributed by atoms with van der Waals surface area (Å²) in [5, 5.41) is 16.8. The maximum absolute atomic E-state index is 11.5. The molecule has 2 rings (SSSR count). The van der Waals surface area contributed by atoms with Gasteiger partial charge in [0.15, 0.2) is 0 Å². The van der Waals surface area contributed by atoms with Gasteiger partial charge < -0.3 is 10.6 Å². The van der Waals surface area contributed by atoms with Gasteiger partial charge in [-0.25, -0.2) is 0 Å². The van der Waals surface area contributed by atoms with Gasteiger partial charge in [-0.15, -0.1) is 0 Å². The van der Waals surface area contributed by atoms with Gasteiger partial charge in [0.25, 0.3) is 5.69 Å². The van der Waals surface area contributed by atoms with Crippen molar-refractivity contribution in [2.75, 3.05) is 11.9 Å². The van der Waals surface area contributed by atoms with Crippen LogP contribution in [0.15, 0.2) is 16.6 Å². The van der Waals surface area contributed by atoms with Crippen LogP contribution in [-0.2, 0) is 4.79 Å². The highest BCUT2D eigenvalue weighted by Gasteiger charge is 2.22. The van der Waals surface area contributed by atoms with E-state index in [1.54, 1.807) is 13.0 Å². The number of nitrogens with zero attached hydrogens (tertiary/aromatic N) is 1. The van der Waals surface area contributed by atoms with E-state index < -0.39 is 4.92 Å². The Morgan fingerprint density at radius 2 is 2.20 bits per heavy atom. The molecule has 108 valence electrons. The van der Waals surface area contributed by atoms with Crippen molar-refractivity contribution in [3.05, 3.63) is 32.3 Å². The maximum Gasteiger partial charge on any atom is 0.273 e. The molecule has 0 bridgehead atoms. The standard InChI is InChI=1S/C13H16BrN3O3/c1-8-6-11(10(14)7-12(8)17(19)20)15-5-4-13(18)16-9-2-3-9/h6-7,9,15H,2-5H2,1H3,(H,16,18). The minimum Gasteiger partial charge on any atom is -0.384 e. The third-order valence-electron chi connectivity index (χ3n) is 3.09. The summed E-state index contributed by atoms with van der Waals surface area (Å²) in [6.07, 6.45) is 2.54. The Kier molecular flexibility index (Phi) is 4.59. The highest BCUT2D eigenvalue weighted by atomic mass is 79.9. The van der Waals surface area contributed by atoms with Crippen molar-refractivity contribution in [2.45, 2.75) is 32.2 Å². The fraction of sp³-hybridized carbons (Fsp3) is 0.462. The summed E-state index contributed by atoms with van der Waals surface area (Å²) in [4.78, 5) is 21.9. The molecule has 0 saturated heterocycles. The second-order valence-corrected chi connectivity index (χ2v) is 5.75. The Bertz CT molecular complexity index is 544. The van der Waals surface area contributed by atoms with E-state index in [4.69, 9.17) is 0 Å². The first kappa shape index (κ1) is 14.8. The SMILES string of the molecule is Cc1cc(NCCC(=O)NC2CC2)c(Br)cc1[N+](=O)[O-]. The van der Waals surface area contributed by atoms with Gasteiger partial charge in [-0.1, -0.05) is 0 Å². The van der Waals surface area contributed by atoms with Crippen LogP contribution in [0.2, 0.25) is 0 Å². The number of amides is 1. The van der Waals surface area contributed by atoms with Gasteiger partial charge in [0.05, 0.1) is 4.92 Å². The molecule has 1 aromatic rings. The summed E-state index contributed by atoms with van der Waals surface area (Å²) in [5.41, 5.74) is 1.42. The first-order chi connectivity index (χ1) is 9.47. The number of carbonyl (C=O) groups excluding carboxylic acids is 1. The summed E-state index contributed by atoms with van der Waals surface area (Å²) in [7, 11) is 0. The van der Waals surface area contributed by atoms with Crippen LogP contribution in [0.25, 0.3) is 0 Å². The zero-order chi connectivity index (χ0) is 14.7. The Balaban J connectivity index is 1.90. The predicted molar refractivity (Wildman–Crippen MR) is 79.8 cm³/mol. The van der Waals surface area contributed by atoms with Gasteiger partial charge in [0.2, 0.25) is 5.91 Å². The summed E-state index contributed by atoms with van der Waals surface area (Å²) in [6.45, 7) is 2.18. The summed E-state index contributed by atoms with van der Waals surface area (Å²) < 4.78 is 0.623. The molecular formula is C13H16BrN3O3. The molecule has 1 fully saturated rings. The molecule has 0 aromatic heterocycles. The van der Waals surface area contributed by atoms with Gasteiger partial charge in [0, 0.05) is 40.8 Å². The number of nitro groups is 1. The summed E-state index contributed by atoms with van der Waals surface area (Å²) in [5.74, 6) is 0.0368. The molecule has 1 aliphatic carbocycles. The molecule has 0 radical (unpaired) electrons. The van der Waals surface area contributed by atoms with Crippen LogP contribution in [0.3, 0.4) is 0 Å². The number of carbonyl (C=O) groups is 1. The molecule has 0 spiro atoms. The lowest BCUT2D eigenvalue weighted by Crippen LogP contribution is -2.27. The molecule has 7 heteroatoms. The lowest BCUT2D eigenvalue weighted by molar-refractivity contribution is -0.385. The van der Waals surface area contributed by atoms with Crippen molar-refractivity contribution in [2.24, 2.45) is 0 Å². The molecule has 2 N–H and O–H groups in total. The zero-order valence-electron chi connectivity index (χ0n) is 11.1. The van der Waals surface area contributed by atoms with Crippen LogP contribution in [0, 0.1) is 17.0 Å². The van der Waals surface area contributed by atoms with Gasteiger partial charge in [-0.3, -0.25) is 14.9 Å². The minimum absolute atomic E-state index is 0.0368. The van der Waals surface area contributed by atoms with E-state index >= 15 is 0 Å². The predicted octanol–water partition coefficient (Wildman–Crippen LogP) is 2.75. The Hall–Kier alpha value is -1.63. The number of aryl methyl sites for hydroxylation is 1. The van der Waals surface area contributed by atoms with Gasteiger partial charge in [0.1, 0.15) is 0 Å². The normalized spacial score (nSPS) is 13.9. The molecule has 0 heterocycles. The maximum atomic E-state index is 11.5. The number of rotatable bonds is 6. The molecule has 1 amide bonds. The Labute approximate surface area is 125 Å². The lowest BCUT2D eigenvalue weighted by Gasteiger charge is -2.10. The second kappa shape index (κ2) is 6.21. The average molecular weight is 342 g/mol. The Morgan fingerprint density at radius 3 is 2.80 bits per heavy atom. The number of halogens is 1. The highest BCUT2D eigenvalue weighted by molar-refractivity contribution is 9.10. The van der Waals surface area contributed by atoms with Crippen LogP contribution in [-0.4, -0.2) is 23.4 Å². The Morgan fingerprint density at radius 1 is 1.50 bits per heavy atom. The van der Waals surface area contributed by atoms with E-state index in [1.807, 2.05) is 0 Å². The summed E-state index contributed by atoms with van der Waals surface area (Å²) in [6, 6.07) is 3.55. The molecule has 1 saturated carbocycles. The highest BCUT2D eigenvalue weighted by Crippen LogP contribution is 2.30. The largest absolute Gasteiger partial charge is 0.384 e. The minimum atomic E-state index is -0.410. The van der Waals surface area contributed by atoms with E-state index in [2.05, 4.69) is 26.6 Å². The van der Waals surface area contributed by atoms with Crippen LogP contribution in [0.5, 0.6) is 0 Å². The van der Waals surface area contributed by atoms with Crippen LogP contribution in [0.4, 0.5) is 11.4 Å². The first-order valence-electron chi connectivity index (χ1n) is 6.45. The molecule has 0 atom stereocenters. The van der Waals surface area contributed by atoms with Crippen LogP contribution >= 0.6 is 15.9 Å². The molecule has 1 aromatic carbocycles. The lowest BCUT2D eigenvalue weighted by atomic mass is 10.2. The molecule has 0 aliphatic heterocycles. The van der Waals surface area contributed by atoms with Gasteiger partial charge in [-0.05, 0) is 41.8 Å². The van der Waals surface area contributed by atoms with E-state index in [0.717, 1.165) is 18.5 Å². The molecule has 0 unspecified atom stereocenters. The fourth-order valence-corrected chi connectivity index (χ4v) is 2.31. The van der Waals surface area contributed by atoms with Crippen molar-refractivity contribution in [1.82, 2.24) is 5.32 Å². The summed E-state index contributed by atoms with van der Waals surface area (Å²) >= 11 is 3.30. The third-order valence-corrected chi connectivity index (χ3v) is 3.75. The third kappa shape index (κ3) is 3.93. The number of hydrogen-bond donors (Lipinski definition) is 2. The topological polar surface area (TPSA) is 84.3 Å². The van der Waals surface area contributed by atoms with Crippen molar-refractivity contribution in [3.8, 4) is 0 Å². The van der Waals surface area contributed by atoms with Crippen molar-refractivity contribution in [3.63, 3.8) is 0 Å². The smallest absolute Gasteiger partial charge is 0.273 e. The van der Waals surface area contributed by atoms with Crippen LogP contribution < -0.4 is 10.6 Å².